The number of carbonyl (C=O) groups excluding carboxylic acids is 1. The summed E-state index contributed by atoms with van der Waals surface area (Å²) in [5.41, 5.74) is 0.857. The van der Waals surface area contributed by atoms with Crippen LogP contribution in [-0.4, -0.2) is 63.1 Å². The molecule has 6 N–H and O–H groups in total. The fourth-order valence-corrected chi connectivity index (χ4v) is 2.86. The Bertz CT molecular complexity index is 790. The van der Waals surface area contributed by atoms with Crippen LogP contribution in [0.5, 0.6) is 0 Å². The molecule has 1 aromatic rings. The quantitative estimate of drug-likeness (QED) is 0.171. The Morgan fingerprint density at radius 1 is 0.906 bits per heavy atom. The summed E-state index contributed by atoms with van der Waals surface area (Å²) in [6, 6.07) is 6.86. The second kappa shape index (κ2) is 14.6. The van der Waals surface area contributed by atoms with E-state index in [0.717, 1.165) is 5.56 Å². The van der Waals surface area contributed by atoms with E-state index in [0.29, 0.717) is 19.4 Å². The highest BCUT2D eigenvalue weighted by atomic mass is 32.1. The highest BCUT2D eigenvalue weighted by molar-refractivity contribution is 7.80. The lowest BCUT2D eigenvalue weighted by molar-refractivity contribution is -0.140. The van der Waals surface area contributed by atoms with Crippen molar-refractivity contribution in [2.75, 3.05) is 6.54 Å². The average molecular weight is 470 g/mol. The van der Waals surface area contributed by atoms with Crippen LogP contribution in [0.4, 0.5) is 4.79 Å². The number of benzene rings is 1. The molecule has 0 radical (unpaired) electrons. The van der Waals surface area contributed by atoms with Crippen LogP contribution < -0.4 is 16.0 Å². The highest BCUT2D eigenvalue weighted by Gasteiger charge is 2.23. The molecule has 0 fully saturated rings. The summed E-state index contributed by atoms with van der Waals surface area (Å²) < 4.78 is 5.07. The number of hydrogen-bond acceptors (Lipinski definition) is 6. The fourth-order valence-electron chi connectivity index (χ4n) is 2.58. The monoisotopic (exact) mass is 469 g/mol. The molecular formula is C20H27N3O8S. The molecule has 0 aliphatic heterocycles. The number of carboxylic acids is 3. The molecule has 32 heavy (non-hydrogen) atoms. The minimum atomic E-state index is -1.30. The third kappa shape index (κ3) is 11.7. The van der Waals surface area contributed by atoms with Crippen molar-refractivity contribution in [3.8, 4) is 0 Å². The van der Waals surface area contributed by atoms with Gasteiger partial charge in [0.2, 0.25) is 0 Å². The van der Waals surface area contributed by atoms with Gasteiger partial charge in [0.25, 0.3) is 0 Å². The van der Waals surface area contributed by atoms with Crippen LogP contribution in [0.1, 0.15) is 37.7 Å². The van der Waals surface area contributed by atoms with Gasteiger partial charge in [0, 0.05) is 13.0 Å². The zero-order valence-corrected chi connectivity index (χ0v) is 18.1. The number of unbranched alkanes of at least 4 members (excludes halogenated alkanes) is 1. The molecule has 0 bridgehead atoms. The first-order chi connectivity index (χ1) is 15.2. The van der Waals surface area contributed by atoms with Crippen molar-refractivity contribution in [1.82, 2.24) is 16.0 Å². The molecule has 2 atom stereocenters. The molecule has 0 saturated heterocycles. The predicted molar refractivity (Wildman–Crippen MR) is 117 cm³/mol. The minimum absolute atomic E-state index is 0.145. The van der Waals surface area contributed by atoms with Crippen molar-refractivity contribution in [1.29, 1.82) is 0 Å². The lowest BCUT2D eigenvalue weighted by Gasteiger charge is -2.20. The Morgan fingerprint density at radius 3 is 2.06 bits per heavy atom. The molecule has 0 aliphatic rings. The predicted octanol–water partition coefficient (Wildman–Crippen LogP) is 1.32. The maximum Gasteiger partial charge on any atom is 0.407 e. The molecule has 0 aromatic heterocycles. The zero-order valence-electron chi connectivity index (χ0n) is 17.3. The summed E-state index contributed by atoms with van der Waals surface area (Å²) in [4.78, 5) is 44.9. The van der Waals surface area contributed by atoms with Crippen LogP contribution in [0.2, 0.25) is 0 Å². The van der Waals surface area contributed by atoms with Gasteiger partial charge >= 0.3 is 24.0 Å². The average Bonchev–Trinajstić information content (AvgIpc) is 2.74. The van der Waals surface area contributed by atoms with Gasteiger partial charge in [0.15, 0.2) is 5.11 Å². The molecule has 12 heteroatoms. The molecule has 1 rings (SSSR count). The van der Waals surface area contributed by atoms with E-state index in [1.807, 2.05) is 30.3 Å². The molecule has 1 amide bonds. The first-order valence-corrected chi connectivity index (χ1v) is 10.3. The van der Waals surface area contributed by atoms with E-state index in [2.05, 4.69) is 16.0 Å². The van der Waals surface area contributed by atoms with Crippen LogP contribution in [0.3, 0.4) is 0 Å². The Labute approximate surface area is 190 Å². The number of ether oxygens (including phenoxy) is 1. The topological polar surface area (TPSA) is 174 Å². The molecule has 0 aliphatic carbocycles. The summed E-state index contributed by atoms with van der Waals surface area (Å²) >= 11 is 4.96. The number of carboxylic acid groups (broad SMARTS) is 3. The number of carbonyl (C=O) groups is 4. The van der Waals surface area contributed by atoms with Crippen LogP contribution in [0, 0.1) is 0 Å². The first-order valence-electron chi connectivity index (χ1n) is 9.88. The Balaban J connectivity index is 2.31. The number of amides is 1. The molecule has 1 aromatic carbocycles. The van der Waals surface area contributed by atoms with Crippen LogP contribution in [0.15, 0.2) is 30.3 Å². The van der Waals surface area contributed by atoms with Gasteiger partial charge in [-0.05, 0) is 43.5 Å². The van der Waals surface area contributed by atoms with E-state index in [1.54, 1.807) is 0 Å². The second-order valence-corrected chi connectivity index (χ2v) is 7.22. The highest BCUT2D eigenvalue weighted by Crippen LogP contribution is 2.04. The van der Waals surface area contributed by atoms with E-state index in [9.17, 15) is 24.3 Å². The Kier molecular flexibility index (Phi) is 12.1. The van der Waals surface area contributed by atoms with Crippen molar-refractivity contribution < 1.29 is 39.2 Å². The Morgan fingerprint density at radius 2 is 1.50 bits per heavy atom. The summed E-state index contributed by atoms with van der Waals surface area (Å²) in [5, 5.41) is 34.5. The molecule has 1 unspecified atom stereocenters. The minimum Gasteiger partial charge on any atom is -0.481 e. The van der Waals surface area contributed by atoms with Gasteiger partial charge in [-0.2, -0.15) is 0 Å². The number of aliphatic carboxylic acids is 3. The number of thiocarbonyl (C=S) groups is 1. The summed E-state index contributed by atoms with van der Waals surface area (Å²) in [6.45, 7) is 0.435. The van der Waals surface area contributed by atoms with E-state index in [-0.39, 0.29) is 31.0 Å². The third-order valence-electron chi connectivity index (χ3n) is 4.26. The molecule has 11 nitrogen and oxygen atoms in total. The second-order valence-electron chi connectivity index (χ2n) is 6.82. The SMILES string of the molecule is O=C(O)CC[C@H](NC(=S)NC(CCCCNC(=O)OCc1ccccc1)C(=O)O)C(=O)O. The number of rotatable bonds is 14. The fraction of sp³-hybridized carbons (Fsp3) is 0.450. The third-order valence-corrected chi connectivity index (χ3v) is 4.49. The van der Waals surface area contributed by atoms with Crippen molar-refractivity contribution in [3.63, 3.8) is 0 Å². The molecule has 0 heterocycles. The lowest BCUT2D eigenvalue weighted by Crippen LogP contribution is -2.51. The summed E-state index contributed by atoms with van der Waals surface area (Å²) in [5.74, 6) is -3.63. The van der Waals surface area contributed by atoms with Crippen molar-refractivity contribution in [2.24, 2.45) is 0 Å². The van der Waals surface area contributed by atoms with Crippen LogP contribution in [-0.2, 0) is 25.7 Å². The van der Waals surface area contributed by atoms with Gasteiger partial charge in [-0.25, -0.2) is 14.4 Å². The number of nitrogens with one attached hydrogen (secondary N) is 3. The maximum absolute atomic E-state index is 11.7. The van der Waals surface area contributed by atoms with Gasteiger partial charge in [-0.3, -0.25) is 4.79 Å². The number of alkyl carbamates (subject to hydrolysis) is 1. The van der Waals surface area contributed by atoms with Crippen molar-refractivity contribution in [2.45, 2.75) is 50.8 Å². The first kappa shape index (κ1) is 26.6. The van der Waals surface area contributed by atoms with E-state index in [4.69, 9.17) is 27.2 Å². The van der Waals surface area contributed by atoms with E-state index in [1.165, 1.54) is 0 Å². The number of hydrogen-bond donors (Lipinski definition) is 6. The largest absolute Gasteiger partial charge is 0.481 e. The normalized spacial score (nSPS) is 12.1. The van der Waals surface area contributed by atoms with Gasteiger partial charge in [-0.1, -0.05) is 30.3 Å². The van der Waals surface area contributed by atoms with Crippen molar-refractivity contribution >= 4 is 41.3 Å². The van der Waals surface area contributed by atoms with E-state index < -0.39 is 36.1 Å². The van der Waals surface area contributed by atoms with Gasteiger partial charge in [0.05, 0.1) is 0 Å². The van der Waals surface area contributed by atoms with Crippen LogP contribution >= 0.6 is 12.2 Å². The summed E-state index contributed by atoms with van der Waals surface area (Å²) in [6.07, 6.45) is -0.0697. The smallest absolute Gasteiger partial charge is 0.407 e. The molecule has 0 spiro atoms. The van der Waals surface area contributed by atoms with Crippen LogP contribution in [0.25, 0.3) is 0 Å². The molecular weight excluding hydrogens is 442 g/mol. The maximum atomic E-state index is 11.7. The lowest BCUT2D eigenvalue weighted by atomic mass is 10.1. The van der Waals surface area contributed by atoms with Gasteiger partial charge in [-0.15, -0.1) is 0 Å². The van der Waals surface area contributed by atoms with Crippen molar-refractivity contribution in [3.05, 3.63) is 35.9 Å². The van der Waals surface area contributed by atoms with E-state index >= 15 is 0 Å². The molecule has 0 saturated carbocycles. The standard InChI is InChI=1S/C20H27N3O8S/c24-16(25)10-9-15(18(28)29)23-19(32)22-14(17(26)27)8-4-5-11-21-20(30)31-12-13-6-2-1-3-7-13/h1-3,6-7,14-15H,4-5,8-12H2,(H,21,30)(H,24,25)(H,26,27)(H,28,29)(H2,22,23,32)/t14?,15-/m0/s1. The molecule has 176 valence electrons. The van der Waals surface area contributed by atoms with Gasteiger partial charge < -0.3 is 36.0 Å². The van der Waals surface area contributed by atoms with Gasteiger partial charge in [0.1, 0.15) is 18.7 Å². The summed E-state index contributed by atoms with van der Waals surface area (Å²) in [7, 11) is 0. The Hall–Kier alpha value is -3.41. The zero-order chi connectivity index (χ0) is 23.9.